The molecule has 0 spiro atoms. The number of hydrogen-bond acceptors (Lipinski definition) is 4. The van der Waals surface area contributed by atoms with Gasteiger partial charge in [-0.1, -0.05) is 12.1 Å². The van der Waals surface area contributed by atoms with Gasteiger partial charge in [0.1, 0.15) is 5.82 Å². The number of nitrogens with one attached hydrogen (secondary N) is 1. The maximum absolute atomic E-state index is 12.0. The number of carbonyl (C=O) groups is 1. The van der Waals surface area contributed by atoms with E-state index in [0.717, 1.165) is 36.2 Å². The van der Waals surface area contributed by atoms with Gasteiger partial charge in [0.15, 0.2) is 0 Å². The van der Waals surface area contributed by atoms with Crippen molar-refractivity contribution in [1.82, 2.24) is 19.9 Å². The second kappa shape index (κ2) is 8.39. The summed E-state index contributed by atoms with van der Waals surface area (Å²) in [5, 5.41) is 2.94. The third kappa shape index (κ3) is 4.22. The van der Waals surface area contributed by atoms with Gasteiger partial charge in [-0.2, -0.15) is 0 Å². The summed E-state index contributed by atoms with van der Waals surface area (Å²) in [6.45, 7) is 2.02. The van der Waals surface area contributed by atoms with E-state index in [1.807, 2.05) is 18.2 Å². The van der Waals surface area contributed by atoms with Gasteiger partial charge in [0, 0.05) is 44.6 Å². The molecule has 0 atom stereocenters. The number of aryl methyl sites for hydroxylation is 1. The van der Waals surface area contributed by atoms with E-state index < -0.39 is 0 Å². The van der Waals surface area contributed by atoms with Gasteiger partial charge in [0.05, 0.1) is 17.6 Å². The first-order chi connectivity index (χ1) is 12.3. The molecule has 3 aromatic rings. The highest BCUT2D eigenvalue weighted by atomic mass is 16.5. The number of ether oxygens (including phenoxy) is 1. The largest absolute Gasteiger partial charge is 0.383 e. The molecular weight excluding hydrogens is 316 g/mol. The van der Waals surface area contributed by atoms with E-state index in [9.17, 15) is 4.79 Å². The number of pyridine rings is 1. The lowest BCUT2D eigenvalue weighted by Gasteiger charge is -2.09. The summed E-state index contributed by atoms with van der Waals surface area (Å²) in [5.41, 5.74) is 2.74. The lowest BCUT2D eigenvalue weighted by Crippen LogP contribution is -2.25. The van der Waals surface area contributed by atoms with Crippen LogP contribution in [0.1, 0.15) is 22.6 Å². The van der Waals surface area contributed by atoms with Crippen LogP contribution in [0.3, 0.4) is 0 Å². The number of carbonyl (C=O) groups excluding carboxylic acids is 1. The van der Waals surface area contributed by atoms with E-state index >= 15 is 0 Å². The topological polar surface area (TPSA) is 69.0 Å². The van der Waals surface area contributed by atoms with Crippen molar-refractivity contribution in [2.75, 3.05) is 20.3 Å². The minimum absolute atomic E-state index is 0.0738. The van der Waals surface area contributed by atoms with Crippen LogP contribution in [0.25, 0.3) is 11.0 Å². The van der Waals surface area contributed by atoms with Gasteiger partial charge in [-0.05, 0) is 30.7 Å². The first-order valence-electron chi connectivity index (χ1n) is 8.41. The number of fused-ring (bicyclic) bond motifs is 1. The van der Waals surface area contributed by atoms with Crippen LogP contribution in [-0.2, 0) is 17.7 Å². The summed E-state index contributed by atoms with van der Waals surface area (Å²) in [7, 11) is 1.70. The van der Waals surface area contributed by atoms with Crippen LogP contribution in [0.4, 0.5) is 0 Å². The number of amides is 1. The predicted molar refractivity (Wildman–Crippen MR) is 96.5 cm³/mol. The van der Waals surface area contributed by atoms with Crippen LogP contribution < -0.4 is 5.32 Å². The fraction of sp³-hybridized carbons (Fsp3) is 0.316. The number of imidazole rings is 1. The Balaban J connectivity index is 1.60. The molecule has 1 aromatic carbocycles. The van der Waals surface area contributed by atoms with Crippen molar-refractivity contribution >= 4 is 16.9 Å². The van der Waals surface area contributed by atoms with Crippen LogP contribution in [0.15, 0.2) is 48.8 Å². The Morgan fingerprint density at radius 3 is 2.80 bits per heavy atom. The average molecular weight is 338 g/mol. The Hall–Kier alpha value is -2.73. The van der Waals surface area contributed by atoms with Crippen molar-refractivity contribution in [1.29, 1.82) is 0 Å². The molecule has 0 fully saturated rings. The molecule has 2 aromatic heterocycles. The molecule has 1 amide bonds. The zero-order chi connectivity index (χ0) is 17.5. The van der Waals surface area contributed by atoms with Crippen molar-refractivity contribution in [3.8, 4) is 0 Å². The Kier molecular flexibility index (Phi) is 5.74. The zero-order valence-electron chi connectivity index (χ0n) is 14.3. The molecule has 0 aliphatic carbocycles. The summed E-state index contributed by atoms with van der Waals surface area (Å²) in [4.78, 5) is 20.7. The van der Waals surface area contributed by atoms with Crippen LogP contribution >= 0.6 is 0 Å². The molecule has 0 saturated carbocycles. The van der Waals surface area contributed by atoms with Gasteiger partial charge in [-0.15, -0.1) is 0 Å². The number of benzene rings is 1. The van der Waals surface area contributed by atoms with Gasteiger partial charge in [-0.25, -0.2) is 4.98 Å². The quantitative estimate of drug-likeness (QED) is 0.641. The Morgan fingerprint density at radius 1 is 1.20 bits per heavy atom. The fourth-order valence-electron chi connectivity index (χ4n) is 2.80. The SMILES string of the molecule is COCCn1c(CCCNC(=O)c2ccncc2)nc2ccccc21. The highest BCUT2D eigenvalue weighted by Gasteiger charge is 2.10. The minimum atomic E-state index is -0.0738. The van der Waals surface area contributed by atoms with Gasteiger partial charge in [-0.3, -0.25) is 9.78 Å². The predicted octanol–water partition coefficient (Wildman–Crippen LogP) is 2.44. The molecule has 6 heteroatoms. The maximum Gasteiger partial charge on any atom is 0.251 e. The molecule has 130 valence electrons. The van der Waals surface area contributed by atoms with E-state index in [4.69, 9.17) is 9.72 Å². The number of para-hydroxylation sites is 2. The summed E-state index contributed by atoms with van der Waals surface area (Å²) in [5.74, 6) is 0.951. The number of aromatic nitrogens is 3. The first kappa shape index (κ1) is 17.1. The number of methoxy groups -OCH3 is 1. The molecule has 0 aliphatic heterocycles. The lowest BCUT2D eigenvalue weighted by atomic mass is 10.2. The normalized spacial score (nSPS) is 10.9. The summed E-state index contributed by atoms with van der Waals surface area (Å²) in [6.07, 6.45) is 4.86. The van der Waals surface area contributed by atoms with Gasteiger partial charge in [0.2, 0.25) is 0 Å². The summed E-state index contributed by atoms with van der Waals surface area (Å²) in [6, 6.07) is 11.5. The van der Waals surface area contributed by atoms with Crippen molar-refractivity contribution < 1.29 is 9.53 Å². The Labute approximate surface area is 146 Å². The first-order valence-corrected chi connectivity index (χ1v) is 8.41. The Morgan fingerprint density at radius 2 is 2.00 bits per heavy atom. The average Bonchev–Trinajstić information content (AvgIpc) is 3.01. The second-order valence-electron chi connectivity index (χ2n) is 5.76. The molecule has 6 nitrogen and oxygen atoms in total. The molecule has 1 N–H and O–H groups in total. The third-order valence-electron chi connectivity index (χ3n) is 4.06. The highest BCUT2D eigenvalue weighted by molar-refractivity contribution is 5.93. The van der Waals surface area contributed by atoms with Crippen molar-refractivity contribution in [2.24, 2.45) is 0 Å². The minimum Gasteiger partial charge on any atom is -0.383 e. The molecular formula is C19H22N4O2. The molecule has 0 saturated heterocycles. The van der Waals surface area contributed by atoms with E-state index in [1.165, 1.54) is 0 Å². The Bertz CT molecular complexity index is 830. The van der Waals surface area contributed by atoms with Crippen molar-refractivity contribution in [3.63, 3.8) is 0 Å². The number of rotatable bonds is 8. The van der Waals surface area contributed by atoms with Gasteiger partial charge >= 0.3 is 0 Å². The molecule has 2 heterocycles. The van der Waals surface area contributed by atoms with E-state index in [1.54, 1.807) is 31.6 Å². The molecule has 25 heavy (non-hydrogen) atoms. The lowest BCUT2D eigenvalue weighted by molar-refractivity contribution is 0.0953. The van der Waals surface area contributed by atoms with Crippen LogP contribution in [-0.4, -0.2) is 40.7 Å². The molecule has 3 rings (SSSR count). The molecule has 0 unspecified atom stereocenters. The van der Waals surface area contributed by atoms with Gasteiger partial charge in [0.25, 0.3) is 5.91 Å². The maximum atomic E-state index is 12.0. The molecule has 0 bridgehead atoms. The van der Waals surface area contributed by atoms with E-state index in [2.05, 4.69) is 20.9 Å². The van der Waals surface area contributed by atoms with Crippen LogP contribution in [0, 0.1) is 0 Å². The summed E-state index contributed by atoms with van der Waals surface area (Å²) >= 11 is 0. The van der Waals surface area contributed by atoms with Crippen molar-refractivity contribution in [2.45, 2.75) is 19.4 Å². The standard InChI is InChI=1S/C19H22N4O2/c1-25-14-13-23-17-6-3-2-5-16(17)22-18(23)7-4-10-21-19(24)15-8-11-20-12-9-15/h2-3,5-6,8-9,11-12H,4,7,10,13-14H2,1H3,(H,21,24). The fourth-order valence-corrected chi connectivity index (χ4v) is 2.80. The number of nitrogens with zero attached hydrogens (tertiary/aromatic N) is 3. The molecule has 0 aliphatic rings. The molecule has 0 radical (unpaired) electrons. The van der Waals surface area contributed by atoms with Crippen molar-refractivity contribution in [3.05, 3.63) is 60.2 Å². The van der Waals surface area contributed by atoms with Crippen LogP contribution in [0.5, 0.6) is 0 Å². The van der Waals surface area contributed by atoms with E-state index in [0.29, 0.717) is 18.7 Å². The van der Waals surface area contributed by atoms with Crippen LogP contribution in [0.2, 0.25) is 0 Å². The zero-order valence-corrected chi connectivity index (χ0v) is 14.3. The van der Waals surface area contributed by atoms with E-state index in [-0.39, 0.29) is 5.91 Å². The second-order valence-corrected chi connectivity index (χ2v) is 5.76. The third-order valence-corrected chi connectivity index (χ3v) is 4.06. The highest BCUT2D eigenvalue weighted by Crippen LogP contribution is 2.17. The number of hydrogen-bond donors (Lipinski definition) is 1. The van der Waals surface area contributed by atoms with Gasteiger partial charge < -0.3 is 14.6 Å². The monoisotopic (exact) mass is 338 g/mol. The smallest absolute Gasteiger partial charge is 0.251 e. The summed E-state index contributed by atoms with van der Waals surface area (Å²) < 4.78 is 7.41.